The van der Waals surface area contributed by atoms with Crippen LogP contribution in [0.1, 0.15) is 24.5 Å². The summed E-state index contributed by atoms with van der Waals surface area (Å²) < 4.78 is 0. The van der Waals surface area contributed by atoms with Crippen molar-refractivity contribution in [1.29, 1.82) is 0 Å². The van der Waals surface area contributed by atoms with E-state index in [0.29, 0.717) is 12.1 Å². The van der Waals surface area contributed by atoms with E-state index in [0.717, 1.165) is 18.4 Å². The predicted octanol–water partition coefficient (Wildman–Crippen LogP) is 2.92. The molecule has 5 heteroatoms. The van der Waals surface area contributed by atoms with Crippen molar-refractivity contribution in [2.45, 2.75) is 26.2 Å². The molecule has 2 rings (SSSR count). The van der Waals surface area contributed by atoms with Gasteiger partial charge < -0.3 is 5.32 Å². The van der Waals surface area contributed by atoms with Gasteiger partial charge in [0.1, 0.15) is 0 Å². The molecule has 0 bridgehead atoms. The van der Waals surface area contributed by atoms with Crippen molar-refractivity contribution in [2.75, 3.05) is 5.32 Å². The Morgan fingerprint density at radius 2 is 1.71 bits per heavy atom. The smallest absolute Gasteiger partial charge is 0.317 e. The van der Waals surface area contributed by atoms with Gasteiger partial charge in [-0.1, -0.05) is 55.5 Å². The molecule has 124 valence electrons. The minimum absolute atomic E-state index is 0.646. The van der Waals surface area contributed by atoms with Crippen LogP contribution >= 0.6 is 0 Å². The monoisotopic (exact) mass is 323 g/mol. The number of amides is 2. The lowest BCUT2D eigenvalue weighted by Crippen LogP contribution is -2.32. The average molecular weight is 323 g/mol. The molecule has 0 heterocycles. The fourth-order valence-corrected chi connectivity index (χ4v) is 2.23. The van der Waals surface area contributed by atoms with Crippen molar-refractivity contribution in [2.24, 2.45) is 5.10 Å². The molecule has 2 aromatic rings. The Morgan fingerprint density at radius 3 is 2.46 bits per heavy atom. The van der Waals surface area contributed by atoms with Crippen LogP contribution in [0, 0.1) is 0 Å². The molecule has 2 amide bonds. The summed E-state index contributed by atoms with van der Waals surface area (Å²) in [5.74, 6) is -1.51. The van der Waals surface area contributed by atoms with E-state index in [2.05, 4.69) is 15.8 Å². The molecule has 0 spiro atoms. The molecule has 0 aliphatic rings. The quantitative estimate of drug-likeness (QED) is 0.487. The standard InChI is InChI=1S/C19H21N3O2/c1-2-16-12-6-7-13-17(16)21-18(23)19(24)22-20-14-8-11-15-9-4-3-5-10-15/h3-7,9-10,12-14H,2,8,11H2,1H3,(H,21,23)(H,22,24). The molecule has 2 N–H and O–H groups in total. The van der Waals surface area contributed by atoms with E-state index in [1.54, 1.807) is 12.3 Å². The van der Waals surface area contributed by atoms with Gasteiger partial charge in [0.25, 0.3) is 0 Å². The van der Waals surface area contributed by atoms with Gasteiger partial charge in [-0.3, -0.25) is 9.59 Å². The third kappa shape index (κ3) is 5.35. The minimum atomic E-state index is -0.781. The van der Waals surface area contributed by atoms with Crippen LogP contribution in [0.4, 0.5) is 5.69 Å². The van der Waals surface area contributed by atoms with Crippen LogP contribution in [0.2, 0.25) is 0 Å². The Labute approximate surface area is 141 Å². The van der Waals surface area contributed by atoms with Crippen LogP contribution in [-0.4, -0.2) is 18.0 Å². The molecule has 0 unspecified atom stereocenters. The van der Waals surface area contributed by atoms with Gasteiger partial charge in [0.05, 0.1) is 0 Å². The Kier molecular flexibility index (Phi) is 6.71. The van der Waals surface area contributed by atoms with Gasteiger partial charge in [-0.15, -0.1) is 0 Å². The number of nitrogens with one attached hydrogen (secondary N) is 2. The fraction of sp³-hybridized carbons (Fsp3) is 0.211. The maximum absolute atomic E-state index is 11.9. The van der Waals surface area contributed by atoms with Crippen molar-refractivity contribution in [1.82, 2.24) is 5.43 Å². The van der Waals surface area contributed by atoms with Crippen LogP contribution in [0.5, 0.6) is 0 Å². The van der Waals surface area contributed by atoms with E-state index in [-0.39, 0.29) is 0 Å². The van der Waals surface area contributed by atoms with Crippen molar-refractivity contribution < 1.29 is 9.59 Å². The number of aryl methyl sites for hydroxylation is 2. The highest BCUT2D eigenvalue weighted by atomic mass is 16.2. The van der Waals surface area contributed by atoms with Gasteiger partial charge in [-0.2, -0.15) is 5.10 Å². The van der Waals surface area contributed by atoms with Crippen molar-refractivity contribution in [3.63, 3.8) is 0 Å². The second-order valence-corrected chi connectivity index (χ2v) is 5.24. The highest BCUT2D eigenvalue weighted by Gasteiger charge is 2.13. The van der Waals surface area contributed by atoms with Crippen molar-refractivity contribution >= 4 is 23.7 Å². The van der Waals surface area contributed by atoms with Gasteiger partial charge in [-0.25, -0.2) is 5.43 Å². The molecular formula is C19H21N3O2. The summed E-state index contributed by atoms with van der Waals surface area (Å²) in [6.07, 6.45) is 3.88. The number of para-hydroxylation sites is 1. The second kappa shape index (κ2) is 9.25. The highest BCUT2D eigenvalue weighted by molar-refractivity contribution is 6.39. The van der Waals surface area contributed by atoms with Gasteiger partial charge in [-0.05, 0) is 36.5 Å². The van der Waals surface area contributed by atoms with E-state index < -0.39 is 11.8 Å². The van der Waals surface area contributed by atoms with Gasteiger partial charge in [0.15, 0.2) is 0 Å². The van der Waals surface area contributed by atoms with E-state index in [1.807, 2.05) is 55.5 Å². The Morgan fingerprint density at radius 1 is 1.00 bits per heavy atom. The molecule has 0 saturated carbocycles. The normalized spacial score (nSPS) is 10.5. The summed E-state index contributed by atoms with van der Waals surface area (Å²) >= 11 is 0. The van der Waals surface area contributed by atoms with Gasteiger partial charge in [0.2, 0.25) is 0 Å². The SMILES string of the molecule is CCc1ccccc1NC(=O)C(=O)NN=CCCc1ccccc1. The van der Waals surface area contributed by atoms with Crippen molar-refractivity contribution in [3.8, 4) is 0 Å². The summed E-state index contributed by atoms with van der Waals surface area (Å²) in [5, 5.41) is 6.41. The van der Waals surface area contributed by atoms with Gasteiger partial charge in [0, 0.05) is 11.9 Å². The lowest BCUT2D eigenvalue weighted by atomic mass is 10.1. The van der Waals surface area contributed by atoms with E-state index in [9.17, 15) is 9.59 Å². The van der Waals surface area contributed by atoms with Crippen molar-refractivity contribution in [3.05, 3.63) is 65.7 Å². The number of hydrogen-bond acceptors (Lipinski definition) is 3. The second-order valence-electron chi connectivity index (χ2n) is 5.24. The highest BCUT2D eigenvalue weighted by Crippen LogP contribution is 2.15. The number of carbonyl (C=O) groups is 2. The largest absolute Gasteiger partial charge is 0.329 e. The third-order valence-corrected chi connectivity index (χ3v) is 3.52. The van der Waals surface area contributed by atoms with E-state index >= 15 is 0 Å². The molecule has 0 radical (unpaired) electrons. The fourth-order valence-electron chi connectivity index (χ4n) is 2.23. The molecule has 24 heavy (non-hydrogen) atoms. The molecule has 5 nitrogen and oxygen atoms in total. The first-order valence-corrected chi connectivity index (χ1v) is 7.95. The summed E-state index contributed by atoms with van der Waals surface area (Å²) in [6, 6.07) is 17.4. The molecule has 0 atom stereocenters. The Hall–Kier alpha value is -2.95. The molecule has 0 fully saturated rings. The summed E-state index contributed by atoms with van der Waals surface area (Å²) in [7, 11) is 0. The maximum atomic E-state index is 11.9. The number of anilines is 1. The topological polar surface area (TPSA) is 70.6 Å². The van der Waals surface area contributed by atoms with Crippen LogP contribution in [0.3, 0.4) is 0 Å². The average Bonchev–Trinajstić information content (AvgIpc) is 2.62. The number of carbonyl (C=O) groups excluding carboxylic acids is 2. The zero-order chi connectivity index (χ0) is 17.2. The van der Waals surface area contributed by atoms with Gasteiger partial charge >= 0.3 is 11.8 Å². The van der Waals surface area contributed by atoms with Crippen LogP contribution in [0.15, 0.2) is 59.7 Å². The minimum Gasteiger partial charge on any atom is -0.317 e. The molecule has 0 aromatic heterocycles. The maximum Gasteiger partial charge on any atom is 0.329 e. The number of nitrogens with zero attached hydrogens (tertiary/aromatic N) is 1. The molecule has 2 aromatic carbocycles. The number of hydrazone groups is 1. The zero-order valence-corrected chi connectivity index (χ0v) is 13.7. The summed E-state index contributed by atoms with van der Waals surface area (Å²) in [5.41, 5.74) is 5.07. The molecule has 0 aliphatic carbocycles. The Balaban J connectivity index is 1.77. The first-order valence-electron chi connectivity index (χ1n) is 7.95. The first kappa shape index (κ1) is 17.4. The van der Waals surface area contributed by atoms with E-state index in [4.69, 9.17) is 0 Å². The predicted molar refractivity (Wildman–Crippen MR) is 95.8 cm³/mol. The lowest BCUT2D eigenvalue weighted by molar-refractivity contribution is -0.136. The lowest BCUT2D eigenvalue weighted by Gasteiger charge is -2.08. The number of benzene rings is 2. The van der Waals surface area contributed by atoms with E-state index in [1.165, 1.54) is 5.56 Å². The first-order chi connectivity index (χ1) is 11.7. The molecular weight excluding hydrogens is 302 g/mol. The zero-order valence-electron chi connectivity index (χ0n) is 13.7. The summed E-state index contributed by atoms with van der Waals surface area (Å²) in [6.45, 7) is 1.99. The van der Waals surface area contributed by atoms with Crippen LogP contribution in [-0.2, 0) is 22.4 Å². The van der Waals surface area contributed by atoms with Crippen LogP contribution < -0.4 is 10.7 Å². The third-order valence-electron chi connectivity index (χ3n) is 3.52. The summed E-state index contributed by atoms with van der Waals surface area (Å²) in [4.78, 5) is 23.6. The molecule has 0 aliphatic heterocycles. The number of rotatable bonds is 6. The molecule has 0 saturated heterocycles. The van der Waals surface area contributed by atoms with Crippen LogP contribution in [0.25, 0.3) is 0 Å². The Bertz CT molecular complexity index is 712. The number of hydrogen-bond donors (Lipinski definition) is 2.